The van der Waals surface area contributed by atoms with E-state index in [1.807, 2.05) is 6.92 Å². The standard InChI is InChI=1S/C20H28N2O5S/c1-3-4-5-6-7-8-11-20(2)16(13-18(24)28-20)27-14-17(23)21-22-19(25)15-10-9-12-26-15/h9-10,12-13H,3-8,11,14H2,1-2H3,(H,21,23)(H,22,25). The van der Waals surface area contributed by atoms with Crippen LogP contribution in [0.2, 0.25) is 0 Å². The molecule has 0 fully saturated rings. The largest absolute Gasteiger partial charge is 0.486 e. The van der Waals surface area contributed by atoms with E-state index in [-0.39, 0.29) is 17.5 Å². The van der Waals surface area contributed by atoms with E-state index in [0.717, 1.165) is 19.3 Å². The number of hydrazine groups is 1. The van der Waals surface area contributed by atoms with E-state index in [1.54, 1.807) is 6.07 Å². The van der Waals surface area contributed by atoms with Gasteiger partial charge in [0.25, 0.3) is 5.91 Å². The Hall–Kier alpha value is -2.22. The summed E-state index contributed by atoms with van der Waals surface area (Å²) in [6.45, 7) is 3.87. The van der Waals surface area contributed by atoms with Crippen molar-refractivity contribution in [3.63, 3.8) is 0 Å². The van der Waals surface area contributed by atoms with Crippen LogP contribution in [-0.4, -0.2) is 28.3 Å². The molecule has 2 rings (SSSR count). The molecular formula is C20H28N2O5S. The summed E-state index contributed by atoms with van der Waals surface area (Å²) in [5.74, 6) is -0.471. The second-order valence-electron chi connectivity index (χ2n) is 6.95. The number of hydrogen-bond acceptors (Lipinski definition) is 6. The fraction of sp³-hybridized carbons (Fsp3) is 0.550. The summed E-state index contributed by atoms with van der Waals surface area (Å²) in [6, 6.07) is 3.06. The van der Waals surface area contributed by atoms with Crippen LogP contribution in [0, 0.1) is 0 Å². The van der Waals surface area contributed by atoms with Crippen LogP contribution in [0.15, 0.2) is 34.6 Å². The van der Waals surface area contributed by atoms with Crippen LogP contribution >= 0.6 is 11.8 Å². The van der Waals surface area contributed by atoms with Crippen molar-refractivity contribution >= 4 is 28.7 Å². The number of furan rings is 1. The van der Waals surface area contributed by atoms with E-state index in [4.69, 9.17) is 9.15 Å². The van der Waals surface area contributed by atoms with Gasteiger partial charge in [0, 0.05) is 6.08 Å². The Bertz CT molecular complexity index is 701. The third kappa shape index (κ3) is 6.74. The summed E-state index contributed by atoms with van der Waals surface area (Å²) in [6.07, 6.45) is 10.7. The van der Waals surface area contributed by atoms with Crippen LogP contribution in [0.5, 0.6) is 0 Å². The normalized spacial score (nSPS) is 18.6. The molecule has 0 saturated heterocycles. The van der Waals surface area contributed by atoms with Gasteiger partial charge in [-0.1, -0.05) is 57.2 Å². The third-order valence-electron chi connectivity index (χ3n) is 4.52. The molecule has 0 aromatic carbocycles. The Balaban J connectivity index is 1.74. The van der Waals surface area contributed by atoms with Crippen molar-refractivity contribution in [3.8, 4) is 0 Å². The fourth-order valence-electron chi connectivity index (χ4n) is 2.95. The van der Waals surface area contributed by atoms with Crippen molar-refractivity contribution in [1.29, 1.82) is 0 Å². The van der Waals surface area contributed by atoms with Crippen molar-refractivity contribution in [3.05, 3.63) is 36.0 Å². The first-order chi connectivity index (χ1) is 13.4. The van der Waals surface area contributed by atoms with Crippen LogP contribution in [-0.2, 0) is 14.3 Å². The quantitative estimate of drug-likeness (QED) is 0.428. The molecular weight excluding hydrogens is 380 g/mol. The van der Waals surface area contributed by atoms with Crippen LogP contribution in [0.4, 0.5) is 0 Å². The molecule has 1 unspecified atom stereocenters. The maximum absolute atomic E-state index is 11.9. The minimum atomic E-state index is -0.558. The molecule has 1 atom stereocenters. The molecule has 1 aromatic heterocycles. The van der Waals surface area contributed by atoms with Gasteiger partial charge in [-0.05, 0) is 25.5 Å². The zero-order chi connectivity index (χ0) is 20.4. The van der Waals surface area contributed by atoms with Gasteiger partial charge in [0.05, 0.1) is 11.0 Å². The number of carbonyl (C=O) groups is 3. The van der Waals surface area contributed by atoms with Crippen LogP contribution in [0.3, 0.4) is 0 Å². The number of carbonyl (C=O) groups excluding carboxylic acids is 3. The summed E-state index contributed by atoms with van der Waals surface area (Å²) in [5, 5.41) is -0.0602. The van der Waals surface area contributed by atoms with Gasteiger partial charge in [-0.15, -0.1) is 0 Å². The second kappa shape index (κ2) is 10.9. The summed E-state index contributed by atoms with van der Waals surface area (Å²) in [7, 11) is 0. The molecule has 0 spiro atoms. The predicted octanol–water partition coefficient (Wildman–Crippen LogP) is 3.72. The molecule has 28 heavy (non-hydrogen) atoms. The molecule has 0 radical (unpaired) electrons. The molecule has 0 aliphatic carbocycles. The number of amides is 2. The van der Waals surface area contributed by atoms with Crippen LogP contribution < -0.4 is 10.9 Å². The lowest BCUT2D eigenvalue weighted by atomic mass is 9.99. The summed E-state index contributed by atoms with van der Waals surface area (Å²) < 4.78 is 10.1. The molecule has 7 nitrogen and oxygen atoms in total. The van der Waals surface area contributed by atoms with E-state index in [0.29, 0.717) is 5.76 Å². The molecule has 2 N–H and O–H groups in total. The minimum absolute atomic E-state index is 0.0602. The van der Waals surface area contributed by atoms with Gasteiger partial charge in [0.1, 0.15) is 5.76 Å². The number of hydrogen-bond donors (Lipinski definition) is 2. The topological polar surface area (TPSA) is 97.6 Å². The molecule has 1 aromatic rings. The van der Waals surface area contributed by atoms with E-state index in [1.165, 1.54) is 55.9 Å². The van der Waals surface area contributed by atoms with Gasteiger partial charge in [0.15, 0.2) is 12.4 Å². The summed E-state index contributed by atoms with van der Waals surface area (Å²) in [4.78, 5) is 35.5. The maximum atomic E-state index is 11.9. The molecule has 154 valence electrons. The first-order valence-corrected chi connectivity index (χ1v) is 10.5. The number of thioether (sulfide) groups is 1. The Morgan fingerprint density at radius 3 is 2.64 bits per heavy atom. The second-order valence-corrected chi connectivity index (χ2v) is 8.45. The average molecular weight is 409 g/mol. The molecule has 2 heterocycles. The first kappa shape index (κ1) is 22.1. The fourth-order valence-corrected chi connectivity index (χ4v) is 4.02. The van der Waals surface area contributed by atoms with Gasteiger partial charge >= 0.3 is 5.91 Å². The number of unbranched alkanes of at least 4 members (excludes halogenated alkanes) is 5. The van der Waals surface area contributed by atoms with E-state index >= 15 is 0 Å². The minimum Gasteiger partial charge on any atom is -0.486 e. The molecule has 0 saturated carbocycles. The molecule has 1 aliphatic heterocycles. The highest BCUT2D eigenvalue weighted by Crippen LogP contribution is 2.43. The predicted molar refractivity (Wildman–Crippen MR) is 107 cm³/mol. The lowest BCUT2D eigenvalue weighted by molar-refractivity contribution is -0.125. The van der Waals surface area contributed by atoms with E-state index in [2.05, 4.69) is 17.8 Å². The summed E-state index contributed by atoms with van der Waals surface area (Å²) >= 11 is 1.24. The van der Waals surface area contributed by atoms with Crippen molar-refractivity contribution in [2.24, 2.45) is 0 Å². The number of nitrogens with one attached hydrogen (secondary N) is 2. The Morgan fingerprint density at radius 2 is 1.93 bits per heavy atom. The maximum Gasteiger partial charge on any atom is 0.305 e. The number of ether oxygens (including phenoxy) is 1. The molecule has 8 heteroatoms. The van der Waals surface area contributed by atoms with Crippen LogP contribution in [0.25, 0.3) is 0 Å². The number of rotatable bonds is 11. The average Bonchev–Trinajstić information content (AvgIpc) is 3.29. The highest BCUT2D eigenvalue weighted by Gasteiger charge is 2.39. The monoisotopic (exact) mass is 408 g/mol. The highest BCUT2D eigenvalue weighted by atomic mass is 32.2. The van der Waals surface area contributed by atoms with Gasteiger partial charge in [-0.3, -0.25) is 25.2 Å². The van der Waals surface area contributed by atoms with E-state index < -0.39 is 16.6 Å². The zero-order valence-electron chi connectivity index (χ0n) is 16.4. The van der Waals surface area contributed by atoms with Crippen molar-refractivity contribution < 1.29 is 23.5 Å². The zero-order valence-corrected chi connectivity index (χ0v) is 17.2. The van der Waals surface area contributed by atoms with Gasteiger partial charge in [-0.2, -0.15) is 0 Å². The van der Waals surface area contributed by atoms with E-state index in [9.17, 15) is 14.4 Å². The van der Waals surface area contributed by atoms with Crippen LogP contribution in [0.1, 0.15) is 69.3 Å². The smallest absolute Gasteiger partial charge is 0.305 e. The SMILES string of the molecule is CCCCCCCCC1(C)SC(=O)C=C1OCC(=O)NNC(=O)c1ccco1. The molecule has 2 amide bonds. The van der Waals surface area contributed by atoms with Crippen molar-refractivity contribution in [1.82, 2.24) is 10.9 Å². The lowest BCUT2D eigenvalue weighted by Crippen LogP contribution is -2.43. The first-order valence-electron chi connectivity index (χ1n) is 9.65. The molecule has 1 aliphatic rings. The third-order valence-corrected chi connectivity index (χ3v) is 5.70. The highest BCUT2D eigenvalue weighted by molar-refractivity contribution is 8.15. The Kier molecular flexibility index (Phi) is 8.63. The Morgan fingerprint density at radius 1 is 1.18 bits per heavy atom. The Labute approximate surface area is 169 Å². The van der Waals surface area contributed by atoms with Gasteiger partial charge < -0.3 is 9.15 Å². The molecule has 0 bridgehead atoms. The van der Waals surface area contributed by atoms with Crippen molar-refractivity contribution in [2.75, 3.05) is 6.61 Å². The van der Waals surface area contributed by atoms with Gasteiger partial charge in [-0.25, -0.2) is 0 Å². The van der Waals surface area contributed by atoms with Crippen molar-refractivity contribution in [2.45, 2.75) is 63.5 Å². The lowest BCUT2D eigenvalue weighted by Gasteiger charge is -2.26. The summed E-state index contributed by atoms with van der Waals surface area (Å²) in [5.41, 5.74) is 4.51. The van der Waals surface area contributed by atoms with Gasteiger partial charge in [0.2, 0.25) is 5.12 Å².